The maximum Gasteiger partial charge on any atom is 0.307 e. The number of nitrogens with zero attached hydrogens (tertiary/aromatic N) is 3. The fourth-order valence-corrected chi connectivity index (χ4v) is 2.10. The Labute approximate surface area is 87.3 Å². The van der Waals surface area contributed by atoms with Gasteiger partial charge in [0.15, 0.2) is 0 Å². The Morgan fingerprint density at radius 1 is 1.73 bits per heavy atom. The smallest absolute Gasteiger partial charge is 0.307 e. The van der Waals surface area contributed by atoms with Gasteiger partial charge in [0.25, 0.3) is 0 Å². The van der Waals surface area contributed by atoms with Gasteiger partial charge in [0.2, 0.25) is 0 Å². The number of carboxylic acid groups (broad SMARTS) is 1. The SMILES string of the molecule is Cn1nncc1C1CNCCC1C(=O)O. The van der Waals surface area contributed by atoms with Gasteiger partial charge in [0.1, 0.15) is 0 Å². The number of nitrogens with one attached hydrogen (secondary N) is 1. The molecule has 15 heavy (non-hydrogen) atoms. The topological polar surface area (TPSA) is 80.0 Å². The second kappa shape index (κ2) is 3.98. The Bertz CT molecular complexity index is 363. The van der Waals surface area contributed by atoms with Gasteiger partial charge in [0.05, 0.1) is 17.8 Å². The van der Waals surface area contributed by atoms with Crippen LogP contribution in [0.2, 0.25) is 0 Å². The molecular formula is C9H14N4O2. The minimum Gasteiger partial charge on any atom is -0.481 e. The molecule has 2 unspecified atom stereocenters. The summed E-state index contributed by atoms with van der Waals surface area (Å²) in [6, 6.07) is 0. The number of aryl methyl sites for hydroxylation is 1. The molecule has 0 radical (unpaired) electrons. The van der Waals surface area contributed by atoms with Crippen LogP contribution >= 0.6 is 0 Å². The first-order valence-corrected chi connectivity index (χ1v) is 4.98. The van der Waals surface area contributed by atoms with Crippen molar-refractivity contribution in [3.63, 3.8) is 0 Å². The van der Waals surface area contributed by atoms with Crippen LogP contribution in [0.15, 0.2) is 6.20 Å². The highest BCUT2D eigenvalue weighted by Gasteiger charge is 2.33. The maximum absolute atomic E-state index is 11.1. The largest absolute Gasteiger partial charge is 0.481 e. The Hall–Kier alpha value is -1.43. The summed E-state index contributed by atoms with van der Waals surface area (Å²) in [5, 5.41) is 19.9. The average Bonchev–Trinajstić information content (AvgIpc) is 2.64. The molecule has 2 atom stereocenters. The molecule has 0 aromatic carbocycles. The van der Waals surface area contributed by atoms with E-state index in [2.05, 4.69) is 15.6 Å². The van der Waals surface area contributed by atoms with Crippen molar-refractivity contribution in [2.45, 2.75) is 12.3 Å². The van der Waals surface area contributed by atoms with Crippen molar-refractivity contribution in [2.24, 2.45) is 13.0 Å². The number of carbonyl (C=O) groups is 1. The Morgan fingerprint density at radius 2 is 2.53 bits per heavy atom. The third kappa shape index (κ3) is 1.85. The molecule has 0 spiro atoms. The van der Waals surface area contributed by atoms with E-state index >= 15 is 0 Å². The maximum atomic E-state index is 11.1. The van der Waals surface area contributed by atoms with E-state index in [1.165, 1.54) is 0 Å². The van der Waals surface area contributed by atoms with E-state index in [0.717, 1.165) is 12.2 Å². The van der Waals surface area contributed by atoms with Gasteiger partial charge in [-0.05, 0) is 13.0 Å². The lowest BCUT2D eigenvalue weighted by Gasteiger charge is -2.28. The highest BCUT2D eigenvalue weighted by molar-refractivity contribution is 5.71. The molecular weight excluding hydrogens is 196 g/mol. The van der Waals surface area contributed by atoms with Crippen LogP contribution in [0.1, 0.15) is 18.0 Å². The first-order valence-electron chi connectivity index (χ1n) is 4.98. The van der Waals surface area contributed by atoms with Gasteiger partial charge in [-0.1, -0.05) is 5.21 Å². The molecule has 1 aliphatic rings. The van der Waals surface area contributed by atoms with Crippen LogP contribution in [0, 0.1) is 5.92 Å². The summed E-state index contributed by atoms with van der Waals surface area (Å²) in [6.07, 6.45) is 2.30. The molecule has 0 bridgehead atoms. The van der Waals surface area contributed by atoms with Gasteiger partial charge in [-0.2, -0.15) is 0 Å². The van der Waals surface area contributed by atoms with Crippen LogP contribution in [0.4, 0.5) is 0 Å². The quantitative estimate of drug-likeness (QED) is 0.693. The molecule has 0 amide bonds. The lowest BCUT2D eigenvalue weighted by Crippen LogP contribution is -2.39. The fourth-order valence-electron chi connectivity index (χ4n) is 2.10. The highest BCUT2D eigenvalue weighted by Crippen LogP contribution is 2.28. The zero-order valence-electron chi connectivity index (χ0n) is 8.55. The van der Waals surface area contributed by atoms with E-state index in [-0.39, 0.29) is 11.8 Å². The Balaban J connectivity index is 2.25. The molecule has 1 aromatic heterocycles. The third-order valence-corrected chi connectivity index (χ3v) is 2.93. The van der Waals surface area contributed by atoms with Gasteiger partial charge < -0.3 is 10.4 Å². The number of carboxylic acids is 1. The predicted octanol–water partition coefficient (Wildman–Crippen LogP) is -0.407. The number of hydrogen-bond donors (Lipinski definition) is 2. The second-order valence-corrected chi connectivity index (χ2v) is 3.83. The predicted molar refractivity (Wildman–Crippen MR) is 52.4 cm³/mol. The molecule has 2 heterocycles. The van der Waals surface area contributed by atoms with Crippen molar-refractivity contribution in [3.05, 3.63) is 11.9 Å². The van der Waals surface area contributed by atoms with Gasteiger partial charge in [-0.25, -0.2) is 0 Å². The fraction of sp³-hybridized carbons (Fsp3) is 0.667. The number of rotatable bonds is 2. The summed E-state index contributed by atoms with van der Waals surface area (Å²) in [5.74, 6) is -1.10. The molecule has 1 aromatic rings. The molecule has 1 saturated heterocycles. The van der Waals surface area contributed by atoms with E-state index in [1.807, 2.05) is 0 Å². The van der Waals surface area contributed by atoms with Gasteiger partial charge >= 0.3 is 5.97 Å². The number of hydrogen-bond acceptors (Lipinski definition) is 4. The molecule has 0 saturated carbocycles. The summed E-state index contributed by atoms with van der Waals surface area (Å²) in [6.45, 7) is 1.44. The zero-order chi connectivity index (χ0) is 10.8. The normalized spacial score (nSPS) is 26.5. The lowest BCUT2D eigenvalue weighted by molar-refractivity contribution is -0.143. The lowest BCUT2D eigenvalue weighted by atomic mass is 9.84. The van der Waals surface area contributed by atoms with E-state index in [0.29, 0.717) is 13.0 Å². The van der Waals surface area contributed by atoms with Crippen molar-refractivity contribution in [1.82, 2.24) is 20.3 Å². The minimum atomic E-state index is -0.734. The number of aromatic nitrogens is 3. The molecule has 1 fully saturated rings. The summed E-state index contributed by atoms with van der Waals surface area (Å²) in [7, 11) is 1.79. The third-order valence-electron chi connectivity index (χ3n) is 2.93. The molecule has 2 rings (SSSR count). The number of aliphatic carboxylic acids is 1. The van der Waals surface area contributed by atoms with E-state index < -0.39 is 5.97 Å². The first kappa shape index (κ1) is 10.1. The minimum absolute atomic E-state index is 0.0313. The van der Waals surface area contributed by atoms with Crippen molar-refractivity contribution in [1.29, 1.82) is 0 Å². The summed E-state index contributed by atoms with van der Waals surface area (Å²) in [4.78, 5) is 11.1. The average molecular weight is 210 g/mol. The van der Waals surface area contributed by atoms with E-state index in [1.54, 1.807) is 17.9 Å². The van der Waals surface area contributed by atoms with Crippen molar-refractivity contribution < 1.29 is 9.90 Å². The van der Waals surface area contributed by atoms with E-state index in [9.17, 15) is 4.79 Å². The molecule has 6 nitrogen and oxygen atoms in total. The van der Waals surface area contributed by atoms with Gasteiger partial charge in [-0.3, -0.25) is 9.48 Å². The Kier molecular flexibility index (Phi) is 2.68. The number of piperidine rings is 1. The van der Waals surface area contributed by atoms with Gasteiger partial charge in [-0.15, -0.1) is 5.10 Å². The van der Waals surface area contributed by atoms with Crippen LogP contribution in [0.3, 0.4) is 0 Å². The Morgan fingerprint density at radius 3 is 3.13 bits per heavy atom. The molecule has 2 N–H and O–H groups in total. The van der Waals surface area contributed by atoms with Gasteiger partial charge in [0, 0.05) is 19.5 Å². The van der Waals surface area contributed by atoms with Crippen LogP contribution in [0.5, 0.6) is 0 Å². The summed E-state index contributed by atoms with van der Waals surface area (Å²) < 4.78 is 1.65. The van der Waals surface area contributed by atoms with Crippen LogP contribution in [-0.4, -0.2) is 39.2 Å². The van der Waals surface area contributed by atoms with Crippen molar-refractivity contribution >= 4 is 5.97 Å². The van der Waals surface area contributed by atoms with E-state index in [4.69, 9.17) is 5.11 Å². The van der Waals surface area contributed by atoms with Crippen LogP contribution in [-0.2, 0) is 11.8 Å². The molecule has 82 valence electrons. The first-order chi connectivity index (χ1) is 7.20. The molecule has 0 aliphatic carbocycles. The monoisotopic (exact) mass is 210 g/mol. The van der Waals surface area contributed by atoms with Crippen LogP contribution in [0.25, 0.3) is 0 Å². The molecule has 6 heteroatoms. The zero-order valence-corrected chi connectivity index (χ0v) is 8.55. The van der Waals surface area contributed by atoms with Crippen LogP contribution < -0.4 is 5.32 Å². The van der Waals surface area contributed by atoms with Crippen molar-refractivity contribution in [2.75, 3.05) is 13.1 Å². The standard InChI is InChI=1S/C9H14N4O2/c1-13-8(5-11-12-13)7-4-10-3-2-6(7)9(14)15/h5-7,10H,2-4H2,1H3,(H,14,15). The highest BCUT2D eigenvalue weighted by atomic mass is 16.4. The molecule has 1 aliphatic heterocycles. The second-order valence-electron chi connectivity index (χ2n) is 3.83. The summed E-state index contributed by atoms with van der Waals surface area (Å²) >= 11 is 0. The summed E-state index contributed by atoms with van der Waals surface area (Å²) in [5.41, 5.74) is 0.884. The van der Waals surface area contributed by atoms with Crippen molar-refractivity contribution in [3.8, 4) is 0 Å².